The Morgan fingerprint density at radius 3 is 2.40 bits per heavy atom. The summed E-state index contributed by atoms with van der Waals surface area (Å²) in [5.41, 5.74) is 0. The number of hydrogen-bond acceptors (Lipinski definition) is 2. The molecule has 0 amide bonds. The van der Waals surface area contributed by atoms with Gasteiger partial charge in [0.2, 0.25) is 0 Å². The van der Waals surface area contributed by atoms with Crippen molar-refractivity contribution in [2.75, 3.05) is 39.8 Å². The monoisotopic (exact) mass is 212 g/mol. The molecule has 0 atom stereocenters. The van der Waals surface area contributed by atoms with Crippen molar-refractivity contribution < 1.29 is 0 Å². The summed E-state index contributed by atoms with van der Waals surface area (Å²) in [6.45, 7) is 8.77. The van der Waals surface area contributed by atoms with E-state index in [1.165, 1.54) is 71.2 Å². The fraction of sp³-hybridized carbons (Fsp3) is 1.00. The molecular formula is C13H28N2. The van der Waals surface area contributed by atoms with Gasteiger partial charge in [-0.2, -0.15) is 0 Å². The number of nitrogens with zero attached hydrogens (tertiary/aromatic N) is 2. The average Bonchev–Trinajstić information content (AvgIpc) is 2.74. The van der Waals surface area contributed by atoms with E-state index in [9.17, 15) is 0 Å². The number of hydrogen-bond donors (Lipinski definition) is 0. The van der Waals surface area contributed by atoms with Crippen LogP contribution >= 0.6 is 0 Å². The van der Waals surface area contributed by atoms with Crippen molar-refractivity contribution in [1.29, 1.82) is 0 Å². The van der Waals surface area contributed by atoms with Crippen LogP contribution in [-0.4, -0.2) is 49.6 Å². The molecule has 2 heteroatoms. The smallest absolute Gasteiger partial charge is 0.0109 e. The fourth-order valence-corrected chi connectivity index (χ4v) is 2.24. The van der Waals surface area contributed by atoms with Crippen LogP contribution in [0.2, 0.25) is 0 Å². The third-order valence-electron chi connectivity index (χ3n) is 3.39. The summed E-state index contributed by atoms with van der Waals surface area (Å²) >= 11 is 0. The largest absolute Gasteiger partial charge is 0.305 e. The first-order valence-corrected chi connectivity index (χ1v) is 6.74. The van der Waals surface area contributed by atoms with Crippen LogP contribution in [0, 0.1) is 0 Å². The number of likely N-dealkylation sites (tertiary alicyclic amines) is 1. The van der Waals surface area contributed by atoms with Gasteiger partial charge in [0, 0.05) is 13.1 Å². The van der Waals surface area contributed by atoms with Gasteiger partial charge in [0.05, 0.1) is 0 Å². The highest BCUT2D eigenvalue weighted by Crippen LogP contribution is 2.06. The quantitative estimate of drug-likeness (QED) is 0.571. The van der Waals surface area contributed by atoms with Crippen molar-refractivity contribution >= 4 is 0 Å². The molecule has 1 aliphatic rings. The van der Waals surface area contributed by atoms with E-state index < -0.39 is 0 Å². The first kappa shape index (κ1) is 13.0. The van der Waals surface area contributed by atoms with Gasteiger partial charge in [-0.15, -0.1) is 0 Å². The fourth-order valence-electron chi connectivity index (χ4n) is 2.24. The number of likely N-dealkylation sites (N-methyl/N-ethyl adjacent to an activating group) is 1. The molecule has 2 nitrogen and oxygen atoms in total. The van der Waals surface area contributed by atoms with Gasteiger partial charge >= 0.3 is 0 Å². The minimum atomic E-state index is 1.26. The Kier molecular flexibility index (Phi) is 7.03. The zero-order valence-corrected chi connectivity index (χ0v) is 10.7. The second-order valence-corrected chi connectivity index (χ2v) is 4.91. The predicted molar refractivity (Wildman–Crippen MR) is 67.3 cm³/mol. The van der Waals surface area contributed by atoms with Crippen molar-refractivity contribution in [3.63, 3.8) is 0 Å². The minimum absolute atomic E-state index is 1.26. The maximum atomic E-state index is 2.60. The van der Waals surface area contributed by atoms with Crippen LogP contribution in [0.3, 0.4) is 0 Å². The van der Waals surface area contributed by atoms with Crippen LogP contribution in [0.5, 0.6) is 0 Å². The maximum absolute atomic E-state index is 2.60. The first-order chi connectivity index (χ1) is 7.33. The van der Waals surface area contributed by atoms with E-state index in [4.69, 9.17) is 0 Å². The van der Waals surface area contributed by atoms with Crippen molar-refractivity contribution in [2.45, 2.75) is 45.4 Å². The summed E-state index contributed by atoms with van der Waals surface area (Å²) in [6, 6.07) is 0. The average molecular weight is 212 g/mol. The second-order valence-electron chi connectivity index (χ2n) is 4.91. The van der Waals surface area contributed by atoms with Crippen LogP contribution in [0.25, 0.3) is 0 Å². The third-order valence-corrected chi connectivity index (χ3v) is 3.39. The molecule has 90 valence electrons. The summed E-state index contributed by atoms with van der Waals surface area (Å²) in [5, 5.41) is 0. The van der Waals surface area contributed by atoms with Crippen molar-refractivity contribution in [3.8, 4) is 0 Å². The molecule has 0 N–H and O–H groups in total. The van der Waals surface area contributed by atoms with Gasteiger partial charge in [-0.25, -0.2) is 0 Å². The zero-order valence-electron chi connectivity index (χ0n) is 10.7. The lowest BCUT2D eigenvalue weighted by atomic mass is 10.2. The van der Waals surface area contributed by atoms with E-state index in [-0.39, 0.29) is 0 Å². The Labute approximate surface area is 95.6 Å². The lowest BCUT2D eigenvalue weighted by Crippen LogP contribution is -2.31. The van der Waals surface area contributed by atoms with E-state index in [0.717, 1.165) is 0 Å². The molecule has 0 radical (unpaired) electrons. The Morgan fingerprint density at radius 1 is 1.00 bits per heavy atom. The second kappa shape index (κ2) is 8.12. The standard InChI is InChI=1S/C13H28N2/c1-3-4-5-6-9-14(2)12-13-15-10-7-8-11-15/h3-13H2,1-2H3. The normalized spacial score (nSPS) is 17.8. The van der Waals surface area contributed by atoms with E-state index >= 15 is 0 Å². The molecule has 0 aromatic rings. The molecule has 0 unspecified atom stereocenters. The van der Waals surface area contributed by atoms with E-state index in [1.807, 2.05) is 0 Å². The van der Waals surface area contributed by atoms with Gasteiger partial charge < -0.3 is 9.80 Å². The van der Waals surface area contributed by atoms with Gasteiger partial charge in [-0.05, 0) is 45.9 Å². The Hall–Kier alpha value is -0.0800. The molecule has 0 aromatic heterocycles. The maximum Gasteiger partial charge on any atom is 0.0109 e. The van der Waals surface area contributed by atoms with Gasteiger partial charge in [0.15, 0.2) is 0 Å². The summed E-state index contributed by atoms with van der Waals surface area (Å²) < 4.78 is 0. The van der Waals surface area contributed by atoms with Crippen LogP contribution in [0.4, 0.5) is 0 Å². The SMILES string of the molecule is CCCCCCN(C)CCN1CCCC1. The highest BCUT2D eigenvalue weighted by molar-refractivity contribution is 4.67. The summed E-state index contributed by atoms with van der Waals surface area (Å²) in [7, 11) is 2.27. The molecule has 0 aromatic carbocycles. The summed E-state index contributed by atoms with van der Waals surface area (Å²) in [4.78, 5) is 5.09. The molecule has 0 saturated carbocycles. The van der Waals surface area contributed by atoms with Gasteiger partial charge in [-0.3, -0.25) is 0 Å². The molecule has 0 spiro atoms. The summed E-state index contributed by atoms with van der Waals surface area (Å²) in [5.74, 6) is 0. The lowest BCUT2D eigenvalue weighted by molar-refractivity contribution is 0.253. The highest BCUT2D eigenvalue weighted by Gasteiger charge is 2.11. The minimum Gasteiger partial charge on any atom is -0.305 e. The van der Waals surface area contributed by atoms with Crippen molar-refractivity contribution in [3.05, 3.63) is 0 Å². The third kappa shape index (κ3) is 6.16. The highest BCUT2D eigenvalue weighted by atomic mass is 15.2. The van der Waals surface area contributed by atoms with Gasteiger partial charge in [0.25, 0.3) is 0 Å². The Morgan fingerprint density at radius 2 is 1.73 bits per heavy atom. The van der Waals surface area contributed by atoms with Crippen molar-refractivity contribution in [2.24, 2.45) is 0 Å². The topological polar surface area (TPSA) is 6.48 Å². The number of rotatable bonds is 8. The van der Waals surface area contributed by atoms with Crippen LogP contribution in [0.15, 0.2) is 0 Å². The van der Waals surface area contributed by atoms with E-state index in [1.54, 1.807) is 0 Å². The molecule has 1 rings (SSSR count). The van der Waals surface area contributed by atoms with Gasteiger partial charge in [-0.1, -0.05) is 26.2 Å². The molecule has 1 saturated heterocycles. The first-order valence-electron chi connectivity index (χ1n) is 6.74. The molecular weight excluding hydrogens is 184 g/mol. The summed E-state index contributed by atoms with van der Waals surface area (Å²) in [6.07, 6.45) is 8.37. The molecule has 1 heterocycles. The van der Waals surface area contributed by atoms with E-state index in [0.29, 0.717) is 0 Å². The van der Waals surface area contributed by atoms with Crippen LogP contribution in [0.1, 0.15) is 45.4 Å². The predicted octanol–water partition coefficient (Wildman–Crippen LogP) is 2.59. The molecule has 15 heavy (non-hydrogen) atoms. The van der Waals surface area contributed by atoms with Crippen molar-refractivity contribution in [1.82, 2.24) is 9.80 Å². The molecule has 0 bridgehead atoms. The zero-order chi connectivity index (χ0) is 10.9. The Bertz CT molecular complexity index is 141. The van der Waals surface area contributed by atoms with Crippen LogP contribution in [-0.2, 0) is 0 Å². The van der Waals surface area contributed by atoms with Gasteiger partial charge in [0.1, 0.15) is 0 Å². The number of unbranched alkanes of at least 4 members (excludes halogenated alkanes) is 3. The molecule has 1 fully saturated rings. The molecule has 0 aliphatic carbocycles. The molecule has 1 aliphatic heterocycles. The van der Waals surface area contributed by atoms with E-state index in [2.05, 4.69) is 23.8 Å². The lowest BCUT2D eigenvalue weighted by Gasteiger charge is -2.21. The van der Waals surface area contributed by atoms with Crippen LogP contribution < -0.4 is 0 Å². The Balaban J connectivity index is 1.90.